The van der Waals surface area contributed by atoms with Gasteiger partial charge in [-0.25, -0.2) is 0 Å². The molecule has 0 saturated carbocycles. The topological polar surface area (TPSA) is 41.6 Å². The van der Waals surface area contributed by atoms with Crippen molar-refractivity contribution < 1.29 is 9.53 Å². The number of carbonyl (C=O) groups is 1. The van der Waals surface area contributed by atoms with E-state index in [9.17, 15) is 4.79 Å². The van der Waals surface area contributed by atoms with Crippen molar-refractivity contribution in [1.29, 1.82) is 0 Å². The van der Waals surface area contributed by atoms with Gasteiger partial charge in [-0.2, -0.15) is 0 Å². The van der Waals surface area contributed by atoms with Crippen molar-refractivity contribution in [2.24, 2.45) is 11.3 Å². The number of rotatable bonds is 4. The number of piperidine rings is 2. The molecular weight excluding hydrogens is 240 g/mol. The summed E-state index contributed by atoms with van der Waals surface area (Å²) in [6, 6.07) is 0. The largest absolute Gasteiger partial charge is 0.384 e. The van der Waals surface area contributed by atoms with Gasteiger partial charge in [0.1, 0.15) is 0 Å². The standard InChI is InChI=1S/C15H26N2O2/c1-3-13-4-10-17(11-5-13)14(18)15(12-19-2)6-8-16-9-7-15/h3,13,16H,1,4-12H2,2H3. The number of nitrogens with zero attached hydrogens (tertiary/aromatic N) is 1. The highest BCUT2D eigenvalue weighted by Gasteiger charge is 2.42. The van der Waals surface area contributed by atoms with E-state index in [1.807, 2.05) is 11.0 Å². The van der Waals surface area contributed by atoms with Crippen LogP contribution in [0, 0.1) is 11.3 Å². The van der Waals surface area contributed by atoms with E-state index in [4.69, 9.17) is 4.74 Å². The van der Waals surface area contributed by atoms with E-state index in [-0.39, 0.29) is 5.41 Å². The normalized spacial score (nSPS) is 24.2. The minimum Gasteiger partial charge on any atom is -0.384 e. The number of hydrogen-bond donors (Lipinski definition) is 1. The molecule has 108 valence electrons. The zero-order chi connectivity index (χ0) is 13.7. The Morgan fingerprint density at radius 2 is 2.05 bits per heavy atom. The Balaban J connectivity index is 2.01. The molecule has 0 spiro atoms. The Kier molecular flexibility index (Phi) is 4.99. The lowest BCUT2D eigenvalue weighted by Gasteiger charge is -2.41. The molecule has 19 heavy (non-hydrogen) atoms. The summed E-state index contributed by atoms with van der Waals surface area (Å²) < 4.78 is 5.35. The molecule has 1 amide bonds. The smallest absolute Gasteiger partial charge is 0.231 e. The van der Waals surface area contributed by atoms with Crippen LogP contribution >= 0.6 is 0 Å². The van der Waals surface area contributed by atoms with Crippen LogP contribution in [-0.2, 0) is 9.53 Å². The van der Waals surface area contributed by atoms with Gasteiger partial charge in [-0.15, -0.1) is 6.58 Å². The molecule has 0 aromatic heterocycles. The van der Waals surface area contributed by atoms with Crippen LogP contribution in [0.3, 0.4) is 0 Å². The van der Waals surface area contributed by atoms with Gasteiger partial charge in [0.05, 0.1) is 12.0 Å². The van der Waals surface area contributed by atoms with E-state index in [1.54, 1.807) is 7.11 Å². The first-order chi connectivity index (χ1) is 9.22. The average molecular weight is 266 g/mol. The van der Waals surface area contributed by atoms with Crippen molar-refractivity contribution >= 4 is 5.91 Å². The average Bonchev–Trinajstić information content (AvgIpc) is 2.48. The maximum Gasteiger partial charge on any atom is 0.231 e. The van der Waals surface area contributed by atoms with Gasteiger partial charge in [-0.3, -0.25) is 4.79 Å². The lowest BCUT2D eigenvalue weighted by atomic mass is 9.77. The molecule has 2 rings (SSSR count). The first kappa shape index (κ1) is 14.5. The van der Waals surface area contributed by atoms with Crippen LogP contribution in [-0.4, -0.2) is 50.7 Å². The van der Waals surface area contributed by atoms with Crippen molar-refractivity contribution in [3.63, 3.8) is 0 Å². The van der Waals surface area contributed by atoms with E-state index in [2.05, 4.69) is 11.9 Å². The van der Waals surface area contributed by atoms with Gasteiger partial charge in [0.2, 0.25) is 5.91 Å². The lowest BCUT2D eigenvalue weighted by molar-refractivity contribution is -0.148. The van der Waals surface area contributed by atoms with Crippen LogP contribution in [0.1, 0.15) is 25.7 Å². The van der Waals surface area contributed by atoms with Crippen molar-refractivity contribution in [1.82, 2.24) is 10.2 Å². The fraction of sp³-hybridized carbons (Fsp3) is 0.800. The Morgan fingerprint density at radius 3 is 2.58 bits per heavy atom. The number of likely N-dealkylation sites (tertiary alicyclic amines) is 1. The molecule has 0 aliphatic carbocycles. The molecule has 2 aliphatic heterocycles. The highest BCUT2D eigenvalue weighted by Crippen LogP contribution is 2.33. The van der Waals surface area contributed by atoms with Gasteiger partial charge in [0.25, 0.3) is 0 Å². The van der Waals surface area contributed by atoms with Crippen LogP contribution in [0.2, 0.25) is 0 Å². The first-order valence-corrected chi connectivity index (χ1v) is 7.33. The van der Waals surface area contributed by atoms with Crippen molar-refractivity contribution in [3.8, 4) is 0 Å². The Hall–Kier alpha value is -0.870. The number of hydrogen-bond acceptors (Lipinski definition) is 3. The van der Waals surface area contributed by atoms with Crippen LogP contribution in [0.25, 0.3) is 0 Å². The highest BCUT2D eigenvalue weighted by molar-refractivity contribution is 5.83. The fourth-order valence-corrected chi connectivity index (χ4v) is 3.28. The molecule has 1 N–H and O–H groups in total. The number of carbonyl (C=O) groups excluding carboxylic acids is 1. The van der Waals surface area contributed by atoms with Gasteiger partial charge in [-0.1, -0.05) is 6.08 Å². The van der Waals surface area contributed by atoms with E-state index < -0.39 is 0 Å². The van der Waals surface area contributed by atoms with Gasteiger partial charge < -0.3 is 15.0 Å². The molecule has 0 unspecified atom stereocenters. The fourth-order valence-electron chi connectivity index (χ4n) is 3.28. The van der Waals surface area contributed by atoms with Crippen LogP contribution in [0.15, 0.2) is 12.7 Å². The molecule has 2 aliphatic rings. The number of allylic oxidation sites excluding steroid dienone is 1. The van der Waals surface area contributed by atoms with Crippen LogP contribution in [0.5, 0.6) is 0 Å². The molecule has 4 nitrogen and oxygen atoms in total. The van der Waals surface area contributed by atoms with E-state index in [1.165, 1.54) is 0 Å². The molecule has 0 radical (unpaired) electrons. The minimum atomic E-state index is -0.291. The molecule has 0 aromatic carbocycles. The molecule has 0 aromatic rings. The summed E-state index contributed by atoms with van der Waals surface area (Å²) in [5.41, 5.74) is -0.291. The summed E-state index contributed by atoms with van der Waals surface area (Å²) in [7, 11) is 1.70. The third kappa shape index (κ3) is 3.18. The van der Waals surface area contributed by atoms with Crippen molar-refractivity contribution in [2.45, 2.75) is 25.7 Å². The summed E-state index contributed by atoms with van der Waals surface area (Å²) in [4.78, 5) is 14.9. The maximum absolute atomic E-state index is 12.9. The predicted octanol–water partition coefficient (Wildman–Crippen LogP) is 1.43. The molecule has 2 saturated heterocycles. The quantitative estimate of drug-likeness (QED) is 0.783. The maximum atomic E-state index is 12.9. The summed E-state index contributed by atoms with van der Waals surface area (Å²) in [5, 5.41) is 3.33. The van der Waals surface area contributed by atoms with E-state index in [0.29, 0.717) is 18.4 Å². The summed E-state index contributed by atoms with van der Waals surface area (Å²) in [6.07, 6.45) is 5.91. The van der Waals surface area contributed by atoms with Crippen LogP contribution in [0.4, 0.5) is 0 Å². The molecule has 4 heteroatoms. The zero-order valence-electron chi connectivity index (χ0n) is 12.0. The van der Waals surface area contributed by atoms with Crippen LogP contribution < -0.4 is 5.32 Å². The Labute approximate surface area is 116 Å². The third-order valence-electron chi connectivity index (χ3n) is 4.60. The van der Waals surface area contributed by atoms with Gasteiger partial charge >= 0.3 is 0 Å². The number of amides is 1. The second kappa shape index (κ2) is 6.53. The molecular formula is C15H26N2O2. The molecule has 0 bridgehead atoms. The highest BCUT2D eigenvalue weighted by atomic mass is 16.5. The minimum absolute atomic E-state index is 0.291. The number of ether oxygens (including phenoxy) is 1. The summed E-state index contributed by atoms with van der Waals surface area (Å²) in [5.74, 6) is 0.883. The van der Waals surface area contributed by atoms with Gasteiger partial charge in [-0.05, 0) is 44.7 Å². The lowest BCUT2D eigenvalue weighted by Crippen LogP contribution is -2.53. The molecule has 0 atom stereocenters. The molecule has 2 heterocycles. The SMILES string of the molecule is C=CC1CCN(C(=O)C2(COC)CCNCC2)CC1. The number of nitrogens with one attached hydrogen (secondary N) is 1. The zero-order valence-corrected chi connectivity index (χ0v) is 12.0. The predicted molar refractivity (Wildman–Crippen MR) is 75.9 cm³/mol. The van der Waals surface area contributed by atoms with Gasteiger partial charge in [0.15, 0.2) is 0 Å². The Bertz CT molecular complexity index is 311. The Morgan fingerprint density at radius 1 is 1.42 bits per heavy atom. The summed E-state index contributed by atoms with van der Waals surface area (Å²) in [6.45, 7) is 7.97. The third-order valence-corrected chi connectivity index (χ3v) is 4.60. The van der Waals surface area contributed by atoms with E-state index >= 15 is 0 Å². The molecule has 2 fully saturated rings. The second-order valence-electron chi connectivity index (χ2n) is 5.83. The second-order valence-corrected chi connectivity index (χ2v) is 5.83. The monoisotopic (exact) mass is 266 g/mol. The van der Waals surface area contributed by atoms with Crippen molar-refractivity contribution in [2.75, 3.05) is 39.9 Å². The summed E-state index contributed by atoms with van der Waals surface area (Å²) >= 11 is 0. The van der Waals surface area contributed by atoms with Crippen molar-refractivity contribution in [3.05, 3.63) is 12.7 Å². The van der Waals surface area contributed by atoms with Gasteiger partial charge in [0, 0.05) is 20.2 Å². The first-order valence-electron chi connectivity index (χ1n) is 7.33. The number of methoxy groups -OCH3 is 1. The van der Waals surface area contributed by atoms with E-state index in [0.717, 1.165) is 51.9 Å².